The van der Waals surface area contributed by atoms with Gasteiger partial charge in [0.15, 0.2) is 12.0 Å². The number of benzene rings is 1. The van der Waals surface area contributed by atoms with E-state index in [1.807, 2.05) is 32.3 Å². The average molecular weight is 261 g/mol. The molecule has 1 heterocycles. The van der Waals surface area contributed by atoms with Crippen LogP contribution < -0.4 is 5.32 Å². The Kier molecular flexibility index (Phi) is 4.52. The standard InChI is InChI=1S/C14H19N3O2/c1-17(2)7-3-6-15-14(18)9-11-4-5-12-13(8-11)19-10-16-12/h4-5,8,10H,3,6-7,9H2,1-2H3,(H,15,18). The summed E-state index contributed by atoms with van der Waals surface area (Å²) in [6.07, 6.45) is 2.74. The monoisotopic (exact) mass is 261 g/mol. The molecule has 0 unspecified atom stereocenters. The Bertz CT molecular complexity index is 548. The van der Waals surface area contributed by atoms with E-state index in [1.54, 1.807) is 0 Å². The molecule has 1 N–H and O–H groups in total. The first-order valence-electron chi connectivity index (χ1n) is 6.39. The first-order valence-corrected chi connectivity index (χ1v) is 6.39. The van der Waals surface area contributed by atoms with Gasteiger partial charge < -0.3 is 14.6 Å². The van der Waals surface area contributed by atoms with Crippen molar-refractivity contribution in [2.75, 3.05) is 27.2 Å². The van der Waals surface area contributed by atoms with Crippen molar-refractivity contribution in [3.63, 3.8) is 0 Å². The van der Waals surface area contributed by atoms with Crippen LogP contribution >= 0.6 is 0 Å². The zero-order valence-corrected chi connectivity index (χ0v) is 11.3. The number of amides is 1. The highest BCUT2D eigenvalue weighted by molar-refractivity contribution is 5.80. The Balaban J connectivity index is 1.81. The number of hydrogen-bond donors (Lipinski definition) is 1. The van der Waals surface area contributed by atoms with Crippen molar-refractivity contribution < 1.29 is 9.21 Å². The van der Waals surface area contributed by atoms with Crippen molar-refractivity contribution in [2.45, 2.75) is 12.8 Å². The van der Waals surface area contributed by atoms with Crippen molar-refractivity contribution in [1.82, 2.24) is 15.2 Å². The Hall–Kier alpha value is -1.88. The van der Waals surface area contributed by atoms with Gasteiger partial charge in [0.25, 0.3) is 0 Å². The minimum absolute atomic E-state index is 0.0395. The lowest BCUT2D eigenvalue weighted by molar-refractivity contribution is -0.120. The highest BCUT2D eigenvalue weighted by atomic mass is 16.3. The summed E-state index contributed by atoms with van der Waals surface area (Å²) in [5, 5.41) is 2.92. The van der Waals surface area contributed by atoms with Gasteiger partial charge >= 0.3 is 0 Å². The molecule has 0 atom stereocenters. The van der Waals surface area contributed by atoms with Crippen LogP contribution in [0, 0.1) is 0 Å². The number of nitrogens with zero attached hydrogens (tertiary/aromatic N) is 2. The van der Waals surface area contributed by atoms with Crippen LogP contribution in [0.15, 0.2) is 29.0 Å². The number of hydrogen-bond acceptors (Lipinski definition) is 4. The molecule has 102 valence electrons. The molecule has 2 rings (SSSR count). The zero-order chi connectivity index (χ0) is 13.7. The molecule has 5 nitrogen and oxygen atoms in total. The highest BCUT2D eigenvalue weighted by Gasteiger charge is 2.05. The molecule has 0 saturated carbocycles. The van der Waals surface area contributed by atoms with Crippen molar-refractivity contribution in [3.8, 4) is 0 Å². The van der Waals surface area contributed by atoms with E-state index >= 15 is 0 Å². The topological polar surface area (TPSA) is 58.4 Å². The summed E-state index contributed by atoms with van der Waals surface area (Å²) in [6.45, 7) is 1.69. The number of fused-ring (bicyclic) bond motifs is 1. The van der Waals surface area contributed by atoms with E-state index in [-0.39, 0.29) is 5.91 Å². The Morgan fingerprint density at radius 2 is 2.26 bits per heavy atom. The highest BCUT2D eigenvalue weighted by Crippen LogP contribution is 2.14. The van der Waals surface area contributed by atoms with Gasteiger partial charge in [-0.25, -0.2) is 4.98 Å². The predicted octanol–water partition coefficient (Wildman–Crippen LogP) is 1.44. The Morgan fingerprint density at radius 1 is 1.42 bits per heavy atom. The van der Waals surface area contributed by atoms with E-state index in [0.29, 0.717) is 13.0 Å². The van der Waals surface area contributed by atoms with Crippen LogP contribution in [-0.4, -0.2) is 43.0 Å². The summed E-state index contributed by atoms with van der Waals surface area (Å²) in [4.78, 5) is 17.9. The van der Waals surface area contributed by atoms with Gasteiger partial charge in [-0.15, -0.1) is 0 Å². The molecule has 1 aromatic heterocycles. The van der Waals surface area contributed by atoms with E-state index in [0.717, 1.165) is 29.6 Å². The van der Waals surface area contributed by atoms with Crippen molar-refractivity contribution in [3.05, 3.63) is 30.2 Å². The van der Waals surface area contributed by atoms with Crippen LogP contribution in [0.25, 0.3) is 11.1 Å². The van der Waals surface area contributed by atoms with Gasteiger partial charge in [0.2, 0.25) is 5.91 Å². The molecule has 19 heavy (non-hydrogen) atoms. The lowest BCUT2D eigenvalue weighted by Crippen LogP contribution is -2.28. The maximum atomic E-state index is 11.8. The smallest absolute Gasteiger partial charge is 0.224 e. The number of rotatable bonds is 6. The molecule has 0 aliphatic carbocycles. The van der Waals surface area contributed by atoms with Gasteiger partial charge in [-0.3, -0.25) is 4.79 Å². The fraction of sp³-hybridized carbons (Fsp3) is 0.429. The van der Waals surface area contributed by atoms with E-state index in [4.69, 9.17) is 4.42 Å². The molecule has 0 bridgehead atoms. The third kappa shape index (κ3) is 4.06. The molecule has 5 heteroatoms. The van der Waals surface area contributed by atoms with Crippen LogP contribution in [0.2, 0.25) is 0 Å². The first kappa shape index (κ1) is 13.5. The molecule has 1 amide bonds. The summed E-state index contributed by atoms with van der Waals surface area (Å²) in [7, 11) is 4.04. The van der Waals surface area contributed by atoms with Gasteiger partial charge in [0.1, 0.15) is 5.52 Å². The third-order valence-corrected chi connectivity index (χ3v) is 2.86. The molecule has 0 spiro atoms. The van der Waals surface area contributed by atoms with Crippen molar-refractivity contribution in [1.29, 1.82) is 0 Å². The largest absolute Gasteiger partial charge is 0.443 e. The lowest BCUT2D eigenvalue weighted by Gasteiger charge is -2.09. The molecule has 0 saturated heterocycles. The average Bonchev–Trinajstić information content (AvgIpc) is 2.82. The van der Waals surface area contributed by atoms with E-state index in [9.17, 15) is 4.79 Å². The second-order valence-electron chi connectivity index (χ2n) is 4.84. The van der Waals surface area contributed by atoms with Crippen LogP contribution in [-0.2, 0) is 11.2 Å². The zero-order valence-electron chi connectivity index (χ0n) is 11.3. The molecular weight excluding hydrogens is 242 g/mol. The minimum Gasteiger partial charge on any atom is -0.443 e. The number of carbonyl (C=O) groups is 1. The number of oxazole rings is 1. The molecule has 0 fully saturated rings. The second kappa shape index (κ2) is 6.33. The van der Waals surface area contributed by atoms with Crippen LogP contribution in [0.5, 0.6) is 0 Å². The van der Waals surface area contributed by atoms with E-state index in [2.05, 4.69) is 15.2 Å². The van der Waals surface area contributed by atoms with E-state index in [1.165, 1.54) is 6.39 Å². The summed E-state index contributed by atoms with van der Waals surface area (Å²) < 4.78 is 5.22. The number of nitrogens with one attached hydrogen (secondary N) is 1. The van der Waals surface area contributed by atoms with Gasteiger partial charge in [0.05, 0.1) is 6.42 Å². The summed E-state index contributed by atoms with van der Waals surface area (Å²) in [5.41, 5.74) is 2.47. The minimum atomic E-state index is 0.0395. The Labute approximate surface area is 112 Å². The summed E-state index contributed by atoms with van der Waals surface area (Å²) >= 11 is 0. The number of aromatic nitrogens is 1. The maximum absolute atomic E-state index is 11.8. The van der Waals surface area contributed by atoms with Gasteiger partial charge in [-0.2, -0.15) is 0 Å². The quantitative estimate of drug-likeness (QED) is 0.799. The molecule has 1 aromatic carbocycles. The van der Waals surface area contributed by atoms with Gasteiger partial charge in [0, 0.05) is 6.54 Å². The summed E-state index contributed by atoms with van der Waals surface area (Å²) in [5.74, 6) is 0.0395. The molecule has 0 radical (unpaired) electrons. The molecular formula is C14H19N3O2. The number of carbonyl (C=O) groups excluding carboxylic acids is 1. The first-order chi connectivity index (χ1) is 9.15. The van der Waals surface area contributed by atoms with Gasteiger partial charge in [-0.1, -0.05) is 6.07 Å². The van der Waals surface area contributed by atoms with Crippen LogP contribution in [0.3, 0.4) is 0 Å². The normalized spacial score (nSPS) is 11.1. The molecule has 0 aliphatic rings. The third-order valence-electron chi connectivity index (χ3n) is 2.86. The SMILES string of the molecule is CN(C)CCCNC(=O)Cc1ccc2ncoc2c1. The molecule has 0 aliphatic heterocycles. The van der Waals surface area contributed by atoms with E-state index < -0.39 is 0 Å². The van der Waals surface area contributed by atoms with Crippen molar-refractivity contribution >= 4 is 17.0 Å². The van der Waals surface area contributed by atoms with Crippen LogP contribution in [0.1, 0.15) is 12.0 Å². The van der Waals surface area contributed by atoms with Crippen molar-refractivity contribution in [2.24, 2.45) is 0 Å². The van der Waals surface area contributed by atoms with Gasteiger partial charge in [-0.05, 0) is 44.8 Å². The fourth-order valence-corrected chi connectivity index (χ4v) is 1.88. The fourth-order valence-electron chi connectivity index (χ4n) is 1.88. The molecule has 2 aromatic rings. The summed E-state index contributed by atoms with van der Waals surface area (Å²) in [6, 6.07) is 5.64. The second-order valence-corrected chi connectivity index (χ2v) is 4.84. The Morgan fingerprint density at radius 3 is 3.05 bits per heavy atom. The van der Waals surface area contributed by atoms with Crippen LogP contribution in [0.4, 0.5) is 0 Å². The maximum Gasteiger partial charge on any atom is 0.224 e. The lowest BCUT2D eigenvalue weighted by atomic mass is 10.1. The predicted molar refractivity (Wildman–Crippen MR) is 73.9 cm³/mol.